The average Bonchev–Trinajstić information content (AvgIpc) is 2.41. The quantitative estimate of drug-likeness (QED) is 0.842. The molecule has 1 aliphatic carbocycles. The standard InChI is InChI=1S/C14H22N2O/c1-17-13-7-5-12(6-8-13)16-14(11-15)9-3-2-4-10-14/h5-8,16H,2-4,9-11,15H2,1H3. The van der Waals surface area contributed by atoms with E-state index in [1.807, 2.05) is 12.1 Å². The van der Waals surface area contributed by atoms with E-state index in [0.717, 1.165) is 11.4 Å². The van der Waals surface area contributed by atoms with E-state index in [1.165, 1.54) is 32.1 Å². The Morgan fingerprint density at radius 1 is 1.18 bits per heavy atom. The first-order chi connectivity index (χ1) is 8.28. The highest BCUT2D eigenvalue weighted by Gasteiger charge is 2.30. The summed E-state index contributed by atoms with van der Waals surface area (Å²) < 4.78 is 5.16. The van der Waals surface area contributed by atoms with Crippen molar-refractivity contribution in [3.05, 3.63) is 24.3 Å². The van der Waals surface area contributed by atoms with E-state index in [4.69, 9.17) is 10.5 Å². The summed E-state index contributed by atoms with van der Waals surface area (Å²) in [6.07, 6.45) is 6.25. The van der Waals surface area contributed by atoms with E-state index in [9.17, 15) is 0 Å². The van der Waals surface area contributed by atoms with Gasteiger partial charge in [-0.1, -0.05) is 19.3 Å². The molecule has 0 bridgehead atoms. The first-order valence-corrected chi connectivity index (χ1v) is 6.40. The van der Waals surface area contributed by atoms with E-state index in [1.54, 1.807) is 7.11 Å². The Hall–Kier alpha value is -1.22. The number of methoxy groups -OCH3 is 1. The van der Waals surface area contributed by atoms with Crippen LogP contribution >= 0.6 is 0 Å². The van der Waals surface area contributed by atoms with Gasteiger partial charge in [0.25, 0.3) is 0 Å². The topological polar surface area (TPSA) is 47.3 Å². The largest absolute Gasteiger partial charge is 0.497 e. The van der Waals surface area contributed by atoms with Gasteiger partial charge in [-0.05, 0) is 37.1 Å². The fourth-order valence-corrected chi connectivity index (χ4v) is 2.59. The van der Waals surface area contributed by atoms with Gasteiger partial charge in [-0.25, -0.2) is 0 Å². The van der Waals surface area contributed by atoms with Crippen LogP contribution in [0, 0.1) is 0 Å². The van der Waals surface area contributed by atoms with E-state index < -0.39 is 0 Å². The Morgan fingerprint density at radius 3 is 2.35 bits per heavy atom. The highest BCUT2D eigenvalue weighted by molar-refractivity contribution is 5.48. The van der Waals surface area contributed by atoms with Gasteiger partial charge in [0.2, 0.25) is 0 Å². The summed E-state index contributed by atoms with van der Waals surface area (Å²) in [5.74, 6) is 0.890. The summed E-state index contributed by atoms with van der Waals surface area (Å²) in [6, 6.07) is 8.08. The lowest BCUT2D eigenvalue weighted by molar-refractivity contribution is 0.331. The molecule has 1 saturated carbocycles. The lowest BCUT2D eigenvalue weighted by Crippen LogP contribution is -2.46. The minimum absolute atomic E-state index is 0.104. The van der Waals surface area contributed by atoms with Crippen molar-refractivity contribution < 1.29 is 4.74 Å². The van der Waals surface area contributed by atoms with Crippen molar-refractivity contribution in [2.24, 2.45) is 5.73 Å². The third-order valence-corrected chi connectivity index (χ3v) is 3.70. The van der Waals surface area contributed by atoms with Crippen molar-refractivity contribution >= 4 is 5.69 Å². The molecule has 94 valence electrons. The van der Waals surface area contributed by atoms with Gasteiger partial charge in [0.1, 0.15) is 5.75 Å². The molecular formula is C14H22N2O. The van der Waals surface area contributed by atoms with Crippen LogP contribution in [0.5, 0.6) is 5.75 Å². The van der Waals surface area contributed by atoms with Crippen LogP contribution in [0.15, 0.2) is 24.3 Å². The Kier molecular flexibility index (Phi) is 3.89. The molecule has 3 N–H and O–H groups in total. The van der Waals surface area contributed by atoms with Crippen molar-refractivity contribution in [1.82, 2.24) is 0 Å². The van der Waals surface area contributed by atoms with Crippen molar-refractivity contribution in [3.63, 3.8) is 0 Å². The number of hydrogen-bond acceptors (Lipinski definition) is 3. The van der Waals surface area contributed by atoms with Crippen molar-refractivity contribution in [2.45, 2.75) is 37.6 Å². The number of nitrogens with two attached hydrogens (primary N) is 1. The lowest BCUT2D eigenvalue weighted by Gasteiger charge is -2.38. The molecule has 0 radical (unpaired) electrons. The van der Waals surface area contributed by atoms with Crippen LogP contribution in [0.3, 0.4) is 0 Å². The number of anilines is 1. The second kappa shape index (κ2) is 5.41. The molecule has 2 rings (SSSR count). The zero-order valence-corrected chi connectivity index (χ0v) is 10.5. The molecule has 0 unspecified atom stereocenters. The number of ether oxygens (including phenoxy) is 1. The fraction of sp³-hybridized carbons (Fsp3) is 0.571. The molecule has 0 spiro atoms. The molecule has 17 heavy (non-hydrogen) atoms. The maximum absolute atomic E-state index is 5.95. The lowest BCUT2D eigenvalue weighted by atomic mass is 9.81. The van der Waals surface area contributed by atoms with Crippen LogP contribution in [-0.2, 0) is 0 Å². The molecule has 1 aromatic carbocycles. The highest BCUT2D eigenvalue weighted by Crippen LogP contribution is 2.31. The molecule has 1 aromatic rings. The second-order valence-electron chi connectivity index (χ2n) is 4.90. The second-order valence-corrected chi connectivity index (χ2v) is 4.90. The molecule has 3 nitrogen and oxygen atoms in total. The van der Waals surface area contributed by atoms with Crippen LogP contribution in [0.2, 0.25) is 0 Å². The average molecular weight is 234 g/mol. The van der Waals surface area contributed by atoms with Crippen LogP contribution in [0.4, 0.5) is 5.69 Å². The van der Waals surface area contributed by atoms with E-state index in [2.05, 4.69) is 17.4 Å². The van der Waals surface area contributed by atoms with Crippen molar-refractivity contribution in [1.29, 1.82) is 0 Å². The molecule has 0 saturated heterocycles. The maximum Gasteiger partial charge on any atom is 0.119 e. The zero-order valence-electron chi connectivity index (χ0n) is 10.5. The zero-order chi connectivity index (χ0) is 12.1. The van der Waals surface area contributed by atoms with Crippen LogP contribution in [0.1, 0.15) is 32.1 Å². The minimum Gasteiger partial charge on any atom is -0.497 e. The minimum atomic E-state index is 0.104. The van der Waals surface area contributed by atoms with E-state index in [0.29, 0.717) is 6.54 Å². The molecule has 1 fully saturated rings. The Labute approximate surface area is 103 Å². The summed E-state index contributed by atoms with van der Waals surface area (Å²) in [6.45, 7) is 0.707. The maximum atomic E-state index is 5.95. The summed E-state index contributed by atoms with van der Waals surface area (Å²) in [4.78, 5) is 0. The van der Waals surface area contributed by atoms with Crippen LogP contribution in [-0.4, -0.2) is 19.2 Å². The SMILES string of the molecule is COc1ccc(NC2(CN)CCCCC2)cc1. The van der Waals surface area contributed by atoms with Gasteiger partial charge in [0, 0.05) is 17.8 Å². The monoisotopic (exact) mass is 234 g/mol. The van der Waals surface area contributed by atoms with Crippen molar-refractivity contribution in [3.8, 4) is 5.75 Å². The fourth-order valence-electron chi connectivity index (χ4n) is 2.59. The van der Waals surface area contributed by atoms with Gasteiger partial charge in [-0.15, -0.1) is 0 Å². The molecule has 1 aliphatic rings. The van der Waals surface area contributed by atoms with Gasteiger partial charge in [0.15, 0.2) is 0 Å². The molecule has 3 heteroatoms. The van der Waals surface area contributed by atoms with Gasteiger partial charge < -0.3 is 15.8 Å². The summed E-state index contributed by atoms with van der Waals surface area (Å²) in [5, 5.41) is 3.61. The Morgan fingerprint density at radius 2 is 1.82 bits per heavy atom. The molecule has 0 amide bonds. The predicted molar refractivity (Wildman–Crippen MR) is 71.5 cm³/mol. The van der Waals surface area contributed by atoms with Crippen LogP contribution in [0.25, 0.3) is 0 Å². The number of rotatable bonds is 4. The Bertz CT molecular complexity index is 342. The van der Waals surface area contributed by atoms with Gasteiger partial charge in [0.05, 0.1) is 7.11 Å². The van der Waals surface area contributed by atoms with Gasteiger partial charge >= 0.3 is 0 Å². The number of hydrogen-bond donors (Lipinski definition) is 2. The highest BCUT2D eigenvalue weighted by atomic mass is 16.5. The van der Waals surface area contributed by atoms with Gasteiger partial charge in [-0.3, -0.25) is 0 Å². The summed E-state index contributed by atoms with van der Waals surface area (Å²) in [7, 11) is 1.69. The van der Waals surface area contributed by atoms with Gasteiger partial charge in [-0.2, -0.15) is 0 Å². The molecule has 0 atom stereocenters. The Balaban J connectivity index is 2.06. The first kappa shape index (κ1) is 12.2. The van der Waals surface area contributed by atoms with E-state index >= 15 is 0 Å². The number of nitrogens with one attached hydrogen (secondary N) is 1. The molecular weight excluding hydrogens is 212 g/mol. The molecule has 0 aliphatic heterocycles. The third-order valence-electron chi connectivity index (χ3n) is 3.70. The smallest absolute Gasteiger partial charge is 0.119 e. The summed E-state index contributed by atoms with van der Waals surface area (Å²) >= 11 is 0. The normalized spacial score (nSPS) is 18.7. The first-order valence-electron chi connectivity index (χ1n) is 6.40. The third kappa shape index (κ3) is 2.91. The molecule has 0 aromatic heterocycles. The predicted octanol–water partition coefficient (Wildman–Crippen LogP) is 2.77. The van der Waals surface area contributed by atoms with Crippen molar-refractivity contribution in [2.75, 3.05) is 19.0 Å². The summed E-state index contributed by atoms with van der Waals surface area (Å²) in [5.41, 5.74) is 7.20. The van der Waals surface area contributed by atoms with Crippen LogP contribution < -0.4 is 15.8 Å². The van der Waals surface area contributed by atoms with E-state index in [-0.39, 0.29) is 5.54 Å². The molecule has 0 heterocycles. The number of benzene rings is 1.